The van der Waals surface area contributed by atoms with Gasteiger partial charge in [-0.1, -0.05) is 12.1 Å². The molecule has 182 valence electrons. The molecule has 0 saturated heterocycles. The third-order valence-corrected chi connectivity index (χ3v) is 5.37. The number of hydrogen-bond donors (Lipinski definition) is 7. The lowest BCUT2D eigenvalue weighted by atomic mass is 9.77. The number of ketones is 2. The van der Waals surface area contributed by atoms with Gasteiger partial charge in [0, 0.05) is 35.3 Å². The highest BCUT2D eigenvalue weighted by molar-refractivity contribution is 6.31. The first-order valence-corrected chi connectivity index (χ1v) is 10.1. The van der Waals surface area contributed by atoms with Gasteiger partial charge in [0.1, 0.15) is 11.5 Å². The van der Waals surface area contributed by atoms with Crippen molar-refractivity contribution in [2.45, 2.75) is 12.8 Å². The number of phenolic OH excluding ortho intramolecular Hbond substituents is 2. The van der Waals surface area contributed by atoms with E-state index in [1.54, 1.807) is 0 Å². The summed E-state index contributed by atoms with van der Waals surface area (Å²) in [7, 11) is 0. The Morgan fingerprint density at radius 1 is 0.758 bits per heavy atom. The monoisotopic (exact) mass is 501 g/mol. The van der Waals surface area contributed by atoms with Crippen LogP contribution in [0.1, 0.15) is 43.0 Å². The molecule has 0 atom stereocenters. The first kappa shape index (κ1) is 28.6. The number of aromatic hydroxyl groups is 2. The van der Waals surface area contributed by atoms with Gasteiger partial charge in [0.2, 0.25) is 0 Å². The molecule has 0 aliphatic heterocycles. The molecular weight excluding hydrogens is 473 g/mol. The van der Waals surface area contributed by atoms with E-state index in [-0.39, 0.29) is 95.9 Å². The van der Waals surface area contributed by atoms with Gasteiger partial charge in [-0.05, 0) is 37.6 Å². The Morgan fingerprint density at radius 2 is 1.30 bits per heavy atom. The standard InChI is InChI=1S/C22H27N3O6.2ClH/c23-19-12(4-6-24-8-10-26)17-18(14(21(19)30)5-7-25-9-11-27)22(31)16-13(20(17)29)2-1-3-15(16)28;;/h1-3,24-28,30H,4-11,23H2;2*1H. The van der Waals surface area contributed by atoms with Gasteiger partial charge in [-0.2, -0.15) is 0 Å². The van der Waals surface area contributed by atoms with E-state index < -0.39 is 11.6 Å². The Hall–Kier alpha value is -2.40. The van der Waals surface area contributed by atoms with Crippen LogP contribution in [0.25, 0.3) is 0 Å². The second kappa shape index (κ2) is 12.7. The number of hydrogen-bond acceptors (Lipinski definition) is 9. The lowest BCUT2D eigenvalue weighted by Gasteiger charge is -2.26. The van der Waals surface area contributed by atoms with Crippen molar-refractivity contribution in [1.29, 1.82) is 0 Å². The van der Waals surface area contributed by atoms with Crippen LogP contribution >= 0.6 is 24.8 Å². The van der Waals surface area contributed by atoms with E-state index in [4.69, 9.17) is 15.9 Å². The van der Waals surface area contributed by atoms with Crippen LogP contribution < -0.4 is 16.4 Å². The number of aliphatic hydroxyl groups excluding tert-OH is 2. The Morgan fingerprint density at radius 3 is 1.88 bits per heavy atom. The molecule has 0 unspecified atom stereocenters. The van der Waals surface area contributed by atoms with Crippen molar-refractivity contribution >= 4 is 42.1 Å². The third kappa shape index (κ3) is 5.57. The molecule has 0 fully saturated rings. The molecule has 33 heavy (non-hydrogen) atoms. The SMILES string of the molecule is Cl.Cl.Nc1c(O)c(CCNCCO)c2c(c1CCNCCO)C(=O)c1cccc(O)c1C2=O. The van der Waals surface area contributed by atoms with E-state index in [0.717, 1.165) is 0 Å². The Balaban J connectivity index is 0.00000272. The normalized spacial score (nSPS) is 11.9. The summed E-state index contributed by atoms with van der Waals surface area (Å²) in [6.07, 6.45) is 0.460. The van der Waals surface area contributed by atoms with Crippen molar-refractivity contribution in [2.75, 3.05) is 45.1 Å². The van der Waals surface area contributed by atoms with Crippen LogP contribution in [0, 0.1) is 0 Å². The maximum Gasteiger partial charge on any atom is 0.198 e. The maximum atomic E-state index is 13.4. The molecule has 0 amide bonds. The van der Waals surface area contributed by atoms with Crippen LogP contribution in [0.4, 0.5) is 5.69 Å². The molecule has 9 nitrogen and oxygen atoms in total. The van der Waals surface area contributed by atoms with E-state index in [2.05, 4.69) is 10.6 Å². The van der Waals surface area contributed by atoms with Crippen molar-refractivity contribution in [3.8, 4) is 11.5 Å². The largest absolute Gasteiger partial charge is 0.507 e. The molecule has 0 spiro atoms. The number of phenols is 2. The zero-order valence-corrected chi connectivity index (χ0v) is 19.5. The van der Waals surface area contributed by atoms with E-state index >= 15 is 0 Å². The smallest absolute Gasteiger partial charge is 0.198 e. The lowest BCUT2D eigenvalue weighted by Crippen LogP contribution is -2.29. The Bertz CT molecular complexity index is 1020. The first-order valence-electron chi connectivity index (χ1n) is 10.1. The van der Waals surface area contributed by atoms with Crippen LogP contribution in [0.5, 0.6) is 11.5 Å². The van der Waals surface area contributed by atoms with Gasteiger partial charge < -0.3 is 36.8 Å². The van der Waals surface area contributed by atoms with Crippen molar-refractivity contribution in [2.24, 2.45) is 0 Å². The molecule has 1 aliphatic carbocycles. The van der Waals surface area contributed by atoms with E-state index in [1.807, 2.05) is 0 Å². The van der Waals surface area contributed by atoms with Gasteiger partial charge in [-0.3, -0.25) is 9.59 Å². The summed E-state index contributed by atoms with van der Waals surface area (Å²) in [5, 5.41) is 45.0. The minimum Gasteiger partial charge on any atom is -0.507 e. The Labute approximate surface area is 203 Å². The summed E-state index contributed by atoms with van der Waals surface area (Å²) < 4.78 is 0. The van der Waals surface area contributed by atoms with Gasteiger partial charge >= 0.3 is 0 Å². The summed E-state index contributed by atoms with van der Waals surface area (Å²) in [5.41, 5.74) is 7.03. The summed E-state index contributed by atoms with van der Waals surface area (Å²) >= 11 is 0. The third-order valence-electron chi connectivity index (χ3n) is 5.37. The number of rotatable bonds is 10. The number of halogens is 2. The molecule has 3 rings (SSSR count). The van der Waals surface area contributed by atoms with Crippen molar-refractivity contribution in [3.05, 3.63) is 51.6 Å². The fourth-order valence-electron chi connectivity index (χ4n) is 3.93. The van der Waals surface area contributed by atoms with Crippen LogP contribution in [0.3, 0.4) is 0 Å². The molecule has 0 saturated carbocycles. The predicted octanol–water partition coefficient (Wildman–Crippen LogP) is 0.548. The quantitative estimate of drug-likeness (QED) is 0.119. The molecule has 1 aliphatic rings. The Kier molecular flexibility index (Phi) is 11.1. The van der Waals surface area contributed by atoms with E-state index in [0.29, 0.717) is 31.7 Å². The van der Waals surface area contributed by atoms with Crippen LogP contribution in [-0.4, -0.2) is 71.4 Å². The number of nitrogens with one attached hydrogen (secondary N) is 2. The molecule has 0 bridgehead atoms. The average molecular weight is 502 g/mol. The number of aliphatic hydroxyl groups is 2. The van der Waals surface area contributed by atoms with Gasteiger partial charge in [-0.25, -0.2) is 0 Å². The number of benzene rings is 2. The summed E-state index contributed by atoms with van der Waals surface area (Å²) in [4.78, 5) is 26.8. The molecule has 0 aromatic heterocycles. The molecule has 2 aromatic carbocycles. The second-order valence-electron chi connectivity index (χ2n) is 7.27. The summed E-state index contributed by atoms with van der Waals surface area (Å²) in [6.45, 7) is 1.29. The number of carbonyl (C=O) groups excluding carboxylic acids is 2. The van der Waals surface area contributed by atoms with E-state index in [9.17, 15) is 19.8 Å². The topological polar surface area (TPSA) is 165 Å². The zero-order valence-electron chi connectivity index (χ0n) is 17.9. The number of anilines is 1. The summed E-state index contributed by atoms with van der Waals surface area (Å²) in [6, 6.07) is 4.32. The highest BCUT2D eigenvalue weighted by Crippen LogP contribution is 2.42. The molecule has 2 aromatic rings. The van der Waals surface area contributed by atoms with Crippen molar-refractivity contribution < 1.29 is 30.0 Å². The highest BCUT2D eigenvalue weighted by Gasteiger charge is 2.37. The van der Waals surface area contributed by atoms with Gasteiger partial charge in [0.05, 0.1) is 24.5 Å². The lowest BCUT2D eigenvalue weighted by molar-refractivity contribution is 0.0975. The van der Waals surface area contributed by atoms with Gasteiger partial charge in [0.25, 0.3) is 0 Å². The average Bonchev–Trinajstić information content (AvgIpc) is 2.76. The van der Waals surface area contributed by atoms with Gasteiger partial charge in [-0.15, -0.1) is 24.8 Å². The number of nitrogens with two attached hydrogens (primary N) is 1. The van der Waals surface area contributed by atoms with Crippen molar-refractivity contribution in [3.63, 3.8) is 0 Å². The minimum atomic E-state index is -0.542. The molecule has 0 radical (unpaired) electrons. The van der Waals surface area contributed by atoms with Gasteiger partial charge in [0.15, 0.2) is 11.6 Å². The van der Waals surface area contributed by atoms with Crippen molar-refractivity contribution in [1.82, 2.24) is 10.6 Å². The predicted molar refractivity (Wildman–Crippen MR) is 129 cm³/mol. The maximum absolute atomic E-state index is 13.4. The van der Waals surface area contributed by atoms with Crippen LogP contribution in [-0.2, 0) is 12.8 Å². The molecule has 0 heterocycles. The fraction of sp³-hybridized carbons (Fsp3) is 0.364. The minimum absolute atomic E-state index is 0. The first-order chi connectivity index (χ1) is 14.9. The van der Waals surface area contributed by atoms with Crippen LogP contribution in [0.2, 0.25) is 0 Å². The zero-order chi connectivity index (χ0) is 22.5. The fourth-order valence-corrected chi connectivity index (χ4v) is 3.93. The van der Waals surface area contributed by atoms with E-state index in [1.165, 1.54) is 18.2 Å². The van der Waals surface area contributed by atoms with Crippen LogP contribution in [0.15, 0.2) is 18.2 Å². The number of carbonyl (C=O) groups is 2. The highest BCUT2D eigenvalue weighted by atomic mass is 35.5. The molecule has 8 N–H and O–H groups in total. The molecule has 11 heteroatoms. The number of nitrogen functional groups attached to an aromatic ring is 1. The second-order valence-corrected chi connectivity index (χ2v) is 7.27. The number of fused-ring (bicyclic) bond motifs is 2. The molecular formula is C22H29Cl2N3O6. The summed E-state index contributed by atoms with van der Waals surface area (Å²) in [5.74, 6) is -1.54.